The van der Waals surface area contributed by atoms with E-state index < -0.39 is 0 Å². The standard InChI is InChI=1S/C19H16.Ca.Li.2H2.3H/c1-4-10-16(11-5-1)19(17-12-6-2-7-13-17)18-14-8-3-9-15-18;;;;;;;/h1-15,19H;;;2*1H;;;/q;+2;+1;;;3*-1. The topological polar surface area (TPSA) is 0 Å². The Morgan fingerprint density at radius 3 is 1.00 bits per heavy atom. The molecule has 102 valence electrons. The summed E-state index contributed by atoms with van der Waals surface area (Å²) in [6.45, 7) is 0. The average molecular weight is 298 g/mol. The maximum Gasteiger partial charge on any atom is 2.00 e. The van der Waals surface area contributed by atoms with Gasteiger partial charge in [-0.15, -0.1) is 0 Å². The fourth-order valence-electron chi connectivity index (χ4n) is 2.51. The summed E-state index contributed by atoms with van der Waals surface area (Å²) in [5.41, 5.74) is 4.00. The van der Waals surface area contributed by atoms with Crippen LogP contribution in [0.15, 0.2) is 91.0 Å². The van der Waals surface area contributed by atoms with Gasteiger partial charge in [0.2, 0.25) is 0 Å². The van der Waals surface area contributed by atoms with Gasteiger partial charge in [0.15, 0.2) is 0 Å². The molecule has 0 spiro atoms. The van der Waals surface area contributed by atoms with Gasteiger partial charge in [0.25, 0.3) is 0 Å². The van der Waals surface area contributed by atoms with Crippen LogP contribution in [0.2, 0.25) is 0 Å². The molecule has 0 fully saturated rings. The fraction of sp³-hybridized carbons (Fsp3) is 0.0526. The van der Waals surface area contributed by atoms with Crippen LogP contribution in [-0.4, -0.2) is 37.7 Å². The summed E-state index contributed by atoms with van der Waals surface area (Å²) < 4.78 is 0. The quantitative estimate of drug-likeness (QED) is 0.514. The molecule has 3 aromatic carbocycles. The summed E-state index contributed by atoms with van der Waals surface area (Å²) in [5, 5.41) is 0. The van der Waals surface area contributed by atoms with Crippen molar-refractivity contribution in [3.8, 4) is 0 Å². The normalized spacial score (nSPS) is 9.57. The summed E-state index contributed by atoms with van der Waals surface area (Å²) in [6, 6.07) is 32.0. The Morgan fingerprint density at radius 1 is 0.524 bits per heavy atom. The van der Waals surface area contributed by atoms with Gasteiger partial charge in [-0.3, -0.25) is 0 Å². The second-order valence-electron chi connectivity index (χ2n) is 4.67. The molecule has 0 N–H and O–H groups in total. The second kappa shape index (κ2) is 9.52. The largest absolute Gasteiger partial charge is 2.00 e. The average Bonchev–Trinajstić information content (AvgIpc) is 2.51. The van der Waals surface area contributed by atoms with E-state index in [1.54, 1.807) is 0 Å². The molecule has 0 aliphatic rings. The van der Waals surface area contributed by atoms with Gasteiger partial charge in [0.1, 0.15) is 0 Å². The minimum atomic E-state index is 0. The van der Waals surface area contributed by atoms with Gasteiger partial charge < -0.3 is 4.28 Å². The monoisotopic (exact) mass is 298 g/mol. The van der Waals surface area contributed by atoms with Crippen molar-refractivity contribution >= 4 is 37.7 Å². The number of rotatable bonds is 3. The Kier molecular flexibility index (Phi) is 8.41. The Labute approximate surface area is 176 Å². The van der Waals surface area contributed by atoms with Crippen LogP contribution < -0.4 is 18.9 Å². The molecule has 21 heavy (non-hydrogen) atoms. The molecule has 0 aromatic heterocycles. The van der Waals surface area contributed by atoms with Gasteiger partial charge in [-0.2, -0.15) is 0 Å². The first-order chi connectivity index (χ1) is 9.45. The van der Waals surface area contributed by atoms with Crippen molar-refractivity contribution in [2.75, 3.05) is 0 Å². The number of hydrogen-bond acceptors (Lipinski definition) is 0. The van der Waals surface area contributed by atoms with E-state index in [0.29, 0.717) is 5.92 Å². The van der Waals surface area contributed by atoms with Gasteiger partial charge in [0.05, 0.1) is 0 Å². The van der Waals surface area contributed by atoms with Crippen LogP contribution in [0.25, 0.3) is 0 Å². The molecule has 0 atom stereocenters. The van der Waals surface area contributed by atoms with Crippen molar-refractivity contribution in [1.29, 1.82) is 0 Å². The Hall–Kier alpha value is -0.483. The molecule has 0 aliphatic heterocycles. The molecular formula is C19H23CaLi. The van der Waals surface area contributed by atoms with Crippen LogP contribution in [0.5, 0.6) is 0 Å². The predicted molar refractivity (Wildman–Crippen MR) is 93.6 cm³/mol. The van der Waals surface area contributed by atoms with Crippen molar-refractivity contribution in [3.63, 3.8) is 0 Å². The van der Waals surface area contributed by atoms with Gasteiger partial charge >= 0.3 is 56.6 Å². The first kappa shape index (κ1) is 18.6. The number of benzene rings is 3. The fourth-order valence-corrected chi connectivity index (χ4v) is 2.51. The van der Waals surface area contributed by atoms with E-state index in [9.17, 15) is 0 Å². The third-order valence-corrected chi connectivity index (χ3v) is 3.40. The first-order valence-corrected chi connectivity index (χ1v) is 6.60. The van der Waals surface area contributed by atoms with Crippen molar-refractivity contribution in [3.05, 3.63) is 108 Å². The molecule has 0 nitrogen and oxygen atoms in total. The second-order valence-corrected chi connectivity index (χ2v) is 4.67. The molecule has 0 saturated heterocycles. The van der Waals surface area contributed by atoms with E-state index in [-0.39, 0.29) is 63.7 Å². The molecule has 0 saturated carbocycles. The zero-order valence-electron chi connectivity index (χ0n) is 15.4. The van der Waals surface area contributed by atoms with E-state index in [1.807, 2.05) is 0 Å². The van der Waals surface area contributed by atoms with E-state index in [2.05, 4.69) is 91.0 Å². The van der Waals surface area contributed by atoms with Crippen molar-refractivity contribution in [2.24, 2.45) is 0 Å². The first-order valence-electron chi connectivity index (χ1n) is 6.60. The van der Waals surface area contributed by atoms with Crippen molar-refractivity contribution in [2.45, 2.75) is 5.92 Å². The minimum absolute atomic E-state index is 0. The summed E-state index contributed by atoms with van der Waals surface area (Å²) in [7, 11) is 0. The third-order valence-electron chi connectivity index (χ3n) is 3.40. The van der Waals surface area contributed by atoms with Gasteiger partial charge in [-0.1, -0.05) is 91.0 Å². The maximum absolute atomic E-state index is 2.20. The summed E-state index contributed by atoms with van der Waals surface area (Å²) >= 11 is 0. The molecule has 0 aliphatic carbocycles. The van der Waals surface area contributed by atoms with Crippen molar-refractivity contribution < 1.29 is 26.0 Å². The zero-order valence-corrected chi connectivity index (χ0v) is 14.7. The Morgan fingerprint density at radius 2 is 0.762 bits per heavy atom. The summed E-state index contributed by atoms with van der Waals surface area (Å²) in [4.78, 5) is 0. The Balaban J connectivity index is -0.000000210. The molecule has 2 heteroatoms. The van der Waals surface area contributed by atoms with Crippen LogP contribution in [-0.2, 0) is 0 Å². The molecular weight excluding hydrogens is 275 g/mol. The zero-order chi connectivity index (χ0) is 12.9. The smallest absolute Gasteiger partial charge is 1.00 e. The van der Waals surface area contributed by atoms with Gasteiger partial charge in [-0.05, 0) is 16.7 Å². The SMILES string of the molecule is [Ca+2].[H-].[H-].[H-].[HH].[HH].[Li+].c1ccc(C(c2ccccc2)c2ccccc2)cc1. The maximum atomic E-state index is 2.20. The molecule has 0 bridgehead atoms. The summed E-state index contributed by atoms with van der Waals surface area (Å²) in [6.07, 6.45) is 0. The van der Waals surface area contributed by atoms with Crippen LogP contribution in [0.3, 0.4) is 0 Å². The van der Waals surface area contributed by atoms with E-state index in [0.717, 1.165) is 0 Å². The molecule has 3 rings (SSSR count). The van der Waals surface area contributed by atoms with E-state index in [4.69, 9.17) is 0 Å². The molecule has 0 unspecified atom stereocenters. The van der Waals surface area contributed by atoms with E-state index >= 15 is 0 Å². The Bertz CT molecular complexity index is 548. The molecule has 0 radical (unpaired) electrons. The third kappa shape index (κ3) is 4.75. The summed E-state index contributed by atoms with van der Waals surface area (Å²) in [5.74, 6) is 0.309. The van der Waals surface area contributed by atoms with E-state index in [1.165, 1.54) is 16.7 Å². The van der Waals surface area contributed by atoms with Crippen LogP contribution >= 0.6 is 0 Å². The van der Waals surface area contributed by atoms with Gasteiger partial charge in [0, 0.05) is 8.77 Å². The van der Waals surface area contributed by atoms with Crippen molar-refractivity contribution in [1.82, 2.24) is 0 Å². The molecule has 3 aromatic rings. The number of hydrogen-bond donors (Lipinski definition) is 0. The predicted octanol–water partition coefficient (Wildman–Crippen LogP) is 2.32. The van der Waals surface area contributed by atoms with Crippen LogP contribution in [0.4, 0.5) is 0 Å². The molecule has 0 amide bonds. The minimum Gasteiger partial charge on any atom is -1.00 e. The van der Waals surface area contributed by atoms with Gasteiger partial charge in [-0.25, -0.2) is 0 Å². The van der Waals surface area contributed by atoms with Crippen LogP contribution in [0.1, 0.15) is 29.7 Å². The van der Waals surface area contributed by atoms with Crippen LogP contribution in [0, 0.1) is 0 Å². The molecule has 0 heterocycles.